The average Bonchev–Trinajstić information content (AvgIpc) is 2.67. The van der Waals surface area contributed by atoms with E-state index in [2.05, 4.69) is 58.7 Å². The second kappa shape index (κ2) is 6.86. The first-order valence-electron chi connectivity index (χ1n) is 2.50. The van der Waals surface area contributed by atoms with Crippen molar-refractivity contribution in [1.29, 1.82) is 0 Å². The average molecular weight is 171 g/mol. The Morgan fingerprint density at radius 2 is 1.09 bits per heavy atom. The third-order valence-corrected chi connectivity index (χ3v) is 0.625. The molecule has 0 atom stereocenters. The number of hydrogen-bond donors (Lipinski definition) is 0. The third-order valence-electron chi connectivity index (χ3n) is 0.625. The zero-order valence-electron chi connectivity index (χ0n) is 5.45. The molecule has 0 aliphatic heterocycles. The molecule has 0 bridgehead atoms. The van der Waals surface area contributed by atoms with Crippen molar-refractivity contribution in [2.45, 2.75) is 0 Å². The molecule has 0 aromatic carbocycles. The Hall–Kier alpha value is -1.26. The number of hydrogen-bond acceptors (Lipinski definition) is 0. The standard InChI is InChI=1S/2C5.V/c2*1-2-4-5-3-1;/q2*-1;+2. The third kappa shape index (κ3) is 5.20. The van der Waals surface area contributed by atoms with E-state index in [0.29, 0.717) is 0 Å². The molecule has 0 aromatic heterocycles. The van der Waals surface area contributed by atoms with Crippen molar-refractivity contribution in [3.8, 4) is 0 Å². The summed E-state index contributed by atoms with van der Waals surface area (Å²) in [6.45, 7) is 0. The van der Waals surface area contributed by atoms with Crippen molar-refractivity contribution >= 4 is 0 Å². The molecule has 0 amide bonds. The molecule has 0 heterocycles. The van der Waals surface area contributed by atoms with Crippen LogP contribution in [0.3, 0.4) is 0 Å². The molecule has 0 N–H and O–H groups in total. The first-order chi connectivity index (χ1) is 5.00. The van der Waals surface area contributed by atoms with Crippen LogP contribution in [0.2, 0.25) is 0 Å². The second-order valence-electron chi connectivity index (χ2n) is 1.25. The van der Waals surface area contributed by atoms with E-state index in [1.54, 1.807) is 0 Å². The maximum absolute atomic E-state index is 2.50. The molecule has 0 saturated heterocycles. The van der Waals surface area contributed by atoms with Gasteiger partial charge in [-0.1, -0.05) is 0 Å². The molecule has 0 saturated carbocycles. The summed E-state index contributed by atoms with van der Waals surface area (Å²) in [6, 6.07) is 0. The number of rotatable bonds is 0. The molecule has 0 fully saturated rings. The monoisotopic (exact) mass is 171 g/mol. The van der Waals surface area contributed by atoms with E-state index < -0.39 is 0 Å². The van der Waals surface area contributed by atoms with Crippen molar-refractivity contribution in [2.75, 3.05) is 0 Å². The minimum Gasteiger partial charge on any atom is -0.288 e. The van der Waals surface area contributed by atoms with Crippen LogP contribution in [-0.2, 0) is 18.6 Å². The Morgan fingerprint density at radius 1 is 0.636 bits per heavy atom. The molecule has 2 rings (SSSR count). The Balaban J connectivity index is 0.000000167. The van der Waals surface area contributed by atoms with E-state index in [-0.39, 0.29) is 18.6 Å². The van der Waals surface area contributed by atoms with Gasteiger partial charge in [0.1, 0.15) is 0 Å². The van der Waals surface area contributed by atoms with Crippen molar-refractivity contribution in [2.24, 2.45) is 0 Å². The molecule has 45 valence electrons. The maximum atomic E-state index is 2.50. The molecule has 2 aliphatic carbocycles. The summed E-state index contributed by atoms with van der Waals surface area (Å²) in [6.07, 6.45) is 10.0. The summed E-state index contributed by atoms with van der Waals surface area (Å²) in [4.78, 5) is 0. The molecule has 1 heteroatoms. The quantitative estimate of drug-likeness (QED) is 0.380. The largest absolute Gasteiger partial charge is 2.00 e. The summed E-state index contributed by atoms with van der Waals surface area (Å²) in [5.41, 5.74) is 15.0. The van der Waals surface area contributed by atoms with Crippen LogP contribution in [0, 0.1) is 24.3 Å². The van der Waals surface area contributed by atoms with E-state index in [9.17, 15) is 0 Å². The van der Waals surface area contributed by atoms with Crippen molar-refractivity contribution < 1.29 is 18.6 Å². The Bertz CT molecular complexity index is 303. The van der Waals surface area contributed by atoms with E-state index in [1.807, 2.05) is 0 Å². The van der Waals surface area contributed by atoms with E-state index in [1.165, 1.54) is 0 Å². The fraction of sp³-hybridized carbons (Fsp3) is 0. The maximum Gasteiger partial charge on any atom is 2.00 e. The molecule has 0 spiro atoms. The first-order valence-corrected chi connectivity index (χ1v) is 2.50. The second-order valence-corrected chi connectivity index (χ2v) is 1.25. The Labute approximate surface area is 77.5 Å². The van der Waals surface area contributed by atoms with Gasteiger partial charge >= 0.3 is 18.6 Å². The van der Waals surface area contributed by atoms with Crippen LogP contribution >= 0.6 is 0 Å². The van der Waals surface area contributed by atoms with Crippen molar-refractivity contribution in [3.63, 3.8) is 0 Å². The van der Waals surface area contributed by atoms with Gasteiger partial charge in [0, 0.05) is 0 Å². The van der Waals surface area contributed by atoms with Crippen molar-refractivity contribution in [3.05, 3.63) is 58.7 Å². The summed E-state index contributed by atoms with van der Waals surface area (Å²) < 4.78 is 0. The van der Waals surface area contributed by atoms with Crippen LogP contribution in [0.1, 0.15) is 0 Å². The molecule has 2 aliphatic rings. The van der Waals surface area contributed by atoms with E-state index in [0.717, 1.165) is 0 Å². The Kier molecular flexibility index (Phi) is 6.08. The molecule has 0 nitrogen and oxygen atoms in total. The fourth-order valence-electron chi connectivity index (χ4n) is 0.312. The zero-order valence-corrected chi connectivity index (χ0v) is 6.84. The summed E-state index contributed by atoms with van der Waals surface area (Å²) >= 11 is 0. The van der Waals surface area contributed by atoms with Gasteiger partial charge in [0.15, 0.2) is 0 Å². The minimum absolute atomic E-state index is 0. The van der Waals surface area contributed by atoms with E-state index in [4.69, 9.17) is 0 Å². The molecule has 11 heavy (non-hydrogen) atoms. The van der Waals surface area contributed by atoms with Crippen molar-refractivity contribution in [1.82, 2.24) is 0 Å². The molecule has 0 unspecified atom stereocenters. The summed E-state index contributed by atoms with van der Waals surface area (Å²) in [7, 11) is 0. The molecular weight excluding hydrogens is 171 g/mol. The molecule has 3 radical (unpaired) electrons. The first kappa shape index (κ1) is 9.74. The number of allylic oxidation sites excluding steroid dienone is 4. The van der Waals surface area contributed by atoms with Gasteiger partial charge in [0.05, 0.1) is 0 Å². The normalized spacial score (nSPS) is 10.2. The zero-order chi connectivity index (χ0) is 7.07. The van der Waals surface area contributed by atoms with Crippen LogP contribution in [0.25, 0.3) is 0 Å². The van der Waals surface area contributed by atoms with Gasteiger partial charge in [-0.3, -0.25) is 22.9 Å². The van der Waals surface area contributed by atoms with Crippen LogP contribution in [0.15, 0.2) is 34.4 Å². The van der Waals surface area contributed by atoms with Gasteiger partial charge in [0.2, 0.25) is 0 Å². The minimum atomic E-state index is 0. The van der Waals surface area contributed by atoms with Gasteiger partial charge in [-0.2, -0.15) is 0 Å². The van der Waals surface area contributed by atoms with Crippen LogP contribution in [0.5, 0.6) is 0 Å². The van der Waals surface area contributed by atoms with Gasteiger partial charge in [-0.15, -0.1) is 24.3 Å². The van der Waals surface area contributed by atoms with Crippen LogP contribution in [-0.4, -0.2) is 0 Å². The predicted molar refractivity (Wildman–Crippen MR) is 34.0 cm³/mol. The molecule has 0 aromatic rings. The summed E-state index contributed by atoms with van der Waals surface area (Å²) in [5, 5.41) is 0. The van der Waals surface area contributed by atoms with Gasteiger partial charge in [-0.25, -0.2) is 11.5 Å². The van der Waals surface area contributed by atoms with Gasteiger partial charge in [0.25, 0.3) is 0 Å². The van der Waals surface area contributed by atoms with Gasteiger partial charge in [-0.05, 0) is 0 Å². The van der Waals surface area contributed by atoms with Crippen LogP contribution in [0.4, 0.5) is 0 Å². The SMILES string of the molecule is [C]1=C=C=C=[C-]1.[C]1=C=C=C=[C-]1.[V+2]. The predicted octanol–water partition coefficient (Wildman–Crippen LogP) is 1.25. The Morgan fingerprint density at radius 3 is 1.18 bits per heavy atom. The van der Waals surface area contributed by atoms with Crippen LogP contribution < -0.4 is 0 Å². The molecular formula is C10V. The topological polar surface area (TPSA) is 0 Å². The summed E-state index contributed by atoms with van der Waals surface area (Å²) in [5.74, 6) is 0. The van der Waals surface area contributed by atoms with Gasteiger partial charge < -0.3 is 0 Å². The van der Waals surface area contributed by atoms with E-state index >= 15 is 0 Å². The smallest absolute Gasteiger partial charge is 0.288 e. The fourth-order valence-corrected chi connectivity index (χ4v) is 0.312.